The summed E-state index contributed by atoms with van der Waals surface area (Å²) in [6, 6.07) is 25.7. The van der Waals surface area contributed by atoms with Crippen LogP contribution < -0.4 is 10.1 Å². The molecule has 0 aliphatic carbocycles. The Balaban J connectivity index is 1.60. The third-order valence-electron chi connectivity index (χ3n) is 4.96. The molecule has 1 aliphatic heterocycles. The van der Waals surface area contributed by atoms with Crippen molar-refractivity contribution >= 4 is 17.9 Å². The highest BCUT2D eigenvalue weighted by atomic mass is 16.5. The molecule has 0 spiro atoms. The zero-order valence-corrected chi connectivity index (χ0v) is 17.6. The summed E-state index contributed by atoms with van der Waals surface area (Å²) in [4.78, 5) is 27.7. The molecule has 0 aromatic heterocycles. The Kier molecular flexibility index (Phi) is 6.94. The smallest absolute Gasteiger partial charge is 0.270 e. The Morgan fingerprint density at radius 1 is 0.844 bits per heavy atom. The highest BCUT2D eigenvalue weighted by molar-refractivity contribution is 6.05. The van der Waals surface area contributed by atoms with Crippen LogP contribution in [-0.2, 0) is 9.53 Å². The quantitative estimate of drug-likeness (QED) is 0.600. The Hall–Kier alpha value is -3.90. The lowest BCUT2D eigenvalue weighted by atomic mass is 10.1. The van der Waals surface area contributed by atoms with Gasteiger partial charge in [-0.2, -0.15) is 0 Å². The SMILES string of the molecule is O=C(NC(=Cc1cccc(Oc2ccccc2)c1)C(=O)N1CCOCC1)c1ccccc1. The third-order valence-corrected chi connectivity index (χ3v) is 4.96. The number of nitrogens with zero attached hydrogens (tertiary/aromatic N) is 1. The summed E-state index contributed by atoms with van der Waals surface area (Å²) in [7, 11) is 0. The van der Waals surface area contributed by atoms with Gasteiger partial charge in [-0.05, 0) is 48.0 Å². The number of hydrogen-bond donors (Lipinski definition) is 1. The second kappa shape index (κ2) is 10.4. The van der Waals surface area contributed by atoms with Crippen LogP contribution in [0.1, 0.15) is 15.9 Å². The summed E-state index contributed by atoms with van der Waals surface area (Å²) in [5, 5.41) is 2.80. The monoisotopic (exact) mass is 428 g/mol. The fourth-order valence-corrected chi connectivity index (χ4v) is 3.33. The Labute approximate surface area is 187 Å². The van der Waals surface area contributed by atoms with Crippen molar-refractivity contribution in [2.45, 2.75) is 0 Å². The first-order chi connectivity index (χ1) is 15.7. The molecule has 4 rings (SSSR count). The molecule has 0 bridgehead atoms. The van der Waals surface area contributed by atoms with E-state index in [4.69, 9.17) is 9.47 Å². The molecule has 1 fully saturated rings. The van der Waals surface area contributed by atoms with E-state index in [1.54, 1.807) is 35.2 Å². The lowest BCUT2D eigenvalue weighted by molar-refractivity contribution is -0.131. The first kappa shape index (κ1) is 21.3. The molecular formula is C26H24N2O4. The van der Waals surface area contributed by atoms with Gasteiger partial charge >= 0.3 is 0 Å². The van der Waals surface area contributed by atoms with Crippen LogP contribution in [0, 0.1) is 0 Å². The van der Waals surface area contributed by atoms with Crippen LogP contribution in [-0.4, -0.2) is 43.0 Å². The van der Waals surface area contributed by atoms with E-state index >= 15 is 0 Å². The van der Waals surface area contributed by atoms with Gasteiger partial charge in [0.15, 0.2) is 0 Å². The number of morpholine rings is 1. The minimum Gasteiger partial charge on any atom is -0.457 e. The van der Waals surface area contributed by atoms with Gasteiger partial charge in [0, 0.05) is 18.7 Å². The van der Waals surface area contributed by atoms with Gasteiger partial charge in [0.25, 0.3) is 11.8 Å². The molecular weight excluding hydrogens is 404 g/mol. The van der Waals surface area contributed by atoms with Crippen molar-refractivity contribution in [2.24, 2.45) is 0 Å². The van der Waals surface area contributed by atoms with Crippen molar-refractivity contribution in [3.05, 3.63) is 102 Å². The summed E-state index contributed by atoms with van der Waals surface area (Å²) in [5.41, 5.74) is 1.43. The number of carbonyl (C=O) groups excluding carboxylic acids is 2. The normalized spacial score (nSPS) is 14.0. The lowest BCUT2D eigenvalue weighted by Gasteiger charge is -2.27. The molecule has 162 valence electrons. The van der Waals surface area contributed by atoms with Gasteiger partial charge in [0.05, 0.1) is 13.2 Å². The van der Waals surface area contributed by atoms with Crippen molar-refractivity contribution in [1.82, 2.24) is 10.2 Å². The Morgan fingerprint density at radius 2 is 1.50 bits per heavy atom. The van der Waals surface area contributed by atoms with Crippen molar-refractivity contribution in [3.8, 4) is 11.5 Å². The summed E-state index contributed by atoms with van der Waals surface area (Å²) in [5.74, 6) is 0.773. The van der Waals surface area contributed by atoms with Crippen LogP contribution in [0.2, 0.25) is 0 Å². The molecule has 0 radical (unpaired) electrons. The van der Waals surface area contributed by atoms with E-state index in [2.05, 4.69) is 5.32 Å². The predicted molar refractivity (Wildman–Crippen MR) is 122 cm³/mol. The lowest BCUT2D eigenvalue weighted by Crippen LogP contribution is -2.44. The van der Waals surface area contributed by atoms with Crippen molar-refractivity contribution in [3.63, 3.8) is 0 Å². The molecule has 3 aromatic rings. The number of amides is 2. The molecule has 32 heavy (non-hydrogen) atoms. The highest BCUT2D eigenvalue weighted by Gasteiger charge is 2.22. The van der Waals surface area contributed by atoms with E-state index in [1.165, 1.54) is 0 Å². The number of para-hydroxylation sites is 1. The maximum Gasteiger partial charge on any atom is 0.270 e. The molecule has 6 nitrogen and oxygen atoms in total. The van der Waals surface area contributed by atoms with E-state index in [0.29, 0.717) is 37.6 Å². The maximum atomic E-state index is 13.2. The van der Waals surface area contributed by atoms with Gasteiger partial charge in [0.2, 0.25) is 0 Å². The standard InChI is InChI=1S/C26H24N2O4/c29-25(21-9-3-1-4-10-21)27-24(26(30)28-14-16-31-17-15-28)19-20-8-7-13-23(18-20)32-22-11-5-2-6-12-22/h1-13,18-19H,14-17H2,(H,27,29). The molecule has 1 heterocycles. The van der Waals surface area contributed by atoms with Crippen LogP contribution >= 0.6 is 0 Å². The van der Waals surface area contributed by atoms with Crippen LogP contribution in [0.5, 0.6) is 11.5 Å². The summed E-state index contributed by atoms with van der Waals surface area (Å²) in [6.45, 7) is 1.92. The zero-order valence-electron chi connectivity index (χ0n) is 17.6. The number of ether oxygens (including phenoxy) is 2. The van der Waals surface area contributed by atoms with Crippen molar-refractivity contribution in [1.29, 1.82) is 0 Å². The zero-order chi connectivity index (χ0) is 22.2. The minimum atomic E-state index is -0.338. The van der Waals surface area contributed by atoms with Gasteiger partial charge in [-0.3, -0.25) is 9.59 Å². The van der Waals surface area contributed by atoms with Crippen LogP contribution in [0.4, 0.5) is 0 Å². The molecule has 0 atom stereocenters. The van der Waals surface area contributed by atoms with Gasteiger partial charge < -0.3 is 19.7 Å². The molecule has 0 saturated carbocycles. The number of rotatable bonds is 6. The molecule has 1 saturated heterocycles. The van der Waals surface area contributed by atoms with Crippen molar-refractivity contribution in [2.75, 3.05) is 26.3 Å². The average Bonchev–Trinajstić information content (AvgIpc) is 2.85. The third kappa shape index (κ3) is 5.62. The van der Waals surface area contributed by atoms with Crippen LogP contribution in [0.15, 0.2) is 90.6 Å². The molecule has 2 amide bonds. The molecule has 1 N–H and O–H groups in total. The predicted octanol–water partition coefficient (Wildman–Crippen LogP) is 4.11. The first-order valence-corrected chi connectivity index (χ1v) is 10.5. The van der Waals surface area contributed by atoms with Crippen molar-refractivity contribution < 1.29 is 19.1 Å². The molecule has 1 aliphatic rings. The number of nitrogens with one attached hydrogen (secondary N) is 1. The topological polar surface area (TPSA) is 67.9 Å². The summed E-state index contributed by atoms with van der Waals surface area (Å²) in [6.07, 6.45) is 1.68. The Bertz CT molecular complexity index is 1090. The molecule has 3 aromatic carbocycles. The number of hydrogen-bond acceptors (Lipinski definition) is 4. The fourth-order valence-electron chi connectivity index (χ4n) is 3.33. The first-order valence-electron chi connectivity index (χ1n) is 10.5. The van der Waals surface area contributed by atoms with Crippen LogP contribution in [0.25, 0.3) is 6.08 Å². The Morgan fingerprint density at radius 3 is 2.22 bits per heavy atom. The molecule has 0 unspecified atom stereocenters. The largest absolute Gasteiger partial charge is 0.457 e. The van der Waals surface area contributed by atoms with E-state index in [-0.39, 0.29) is 17.5 Å². The second-order valence-corrected chi connectivity index (χ2v) is 7.27. The van der Waals surface area contributed by atoms with Gasteiger partial charge in [0.1, 0.15) is 17.2 Å². The van der Waals surface area contributed by atoms with Gasteiger partial charge in [-0.25, -0.2) is 0 Å². The fraction of sp³-hybridized carbons (Fsp3) is 0.154. The minimum absolute atomic E-state index is 0.206. The summed E-state index contributed by atoms with van der Waals surface area (Å²) >= 11 is 0. The van der Waals surface area contributed by atoms with Gasteiger partial charge in [-0.1, -0.05) is 48.5 Å². The van der Waals surface area contributed by atoms with E-state index in [1.807, 2.05) is 60.7 Å². The van der Waals surface area contributed by atoms with E-state index < -0.39 is 0 Å². The maximum absolute atomic E-state index is 13.2. The second-order valence-electron chi connectivity index (χ2n) is 7.27. The van der Waals surface area contributed by atoms with Gasteiger partial charge in [-0.15, -0.1) is 0 Å². The number of carbonyl (C=O) groups is 2. The average molecular weight is 428 g/mol. The highest BCUT2D eigenvalue weighted by Crippen LogP contribution is 2.23. The van der Waals surface area contributed by atoms with Crippen LogP contribution in [0.3, 0.4) is 0 Å². The summed E-state index contributed by atoms with van der Waals surface area (Å²) < 4.78 is 11.3. The van der Waals surface area contributed by atoms with E-state index in [0.717, 1.165) is 11.3 Å². The number of benzene rings is 3. The van der Waals surface area contributed by atoms with E-state index in [9.17, 15) is 9.59 Å². The molecule has 6 heteroatoms.